The van der Waals surface area contributed by atoms with Crippen LogP contribution in [0.25, 0.3) is 0 Å². The maximum Gasteiger partial charge on any atom is 0.293 e. The zero-order chi connectivity index (χ0) is 16.9. The van der Waals surface area contributed by atoms with Crippen LogP contribution in [-0.2, 0) is 10.0 Å². The van der Waals surface area contributed by atoms with E-state index in [1.807, 2.05) is 6.92 Å². The highest BCUT2D eigenvalue weighted by atomic mass is 32.2. The summed E-state index contributed by atoms with van der Waals surface area (Å²) in [5, 5.41) is 14.3. The van der Waals surface area contributed by atoms with E-state index in [4.69, 9.17) is 0 Å². The second-order valence-electron chi connectivity index (χ2n) is 5.68. The number of benzene rings is 1. The highest BCUT2D eigenvalue weighted by molar-refractivity contribution is 7.89. The maximum absolute atomic E-state index is 12.6. The predicted molar refractivity (Wildman–Crippen MR) is 89.1 cm³/mol. The third-order valence-electron chi connectivity index (χ3n) is 3.96. The maximum atomic E-state index is 12.6. The molecule has 1 fully saturated rings. The Kier molecular flexibility index (Phi) is 5.95. The molecule has 1 N–H and O–H groups in total. The van der Waals surface area contributed by atoms with Crippen molar-refractivity contribution in [3.63, 3.8) is 0 Å². The Bertz CT molecular complexity index is 655. The largest absolute Gasteiger partial charge is 0.379 e. The number of anilines is 1. The smallest absolute Gasteiger partial charge is 0.293 e. The number of sulfonamides is 1. The van der Waals surface area contributed by atoms with E-state index in [2.05, 4.69) is 5.32 Å². The van der Waals surface area contributed by atoms with Gasteiger partial charge in [0.2, 0.25) is 10.0 Å². The number of nitro groups is 1. The average molecular weight is 341 g/mol. The quantitative estimate of drug-likeness (QED) is 0.467. The van der Waals surface area contributed by atoms with Gasteiger partial charge in [0.15, 0.2) is 0 Å². The molecule has 7 nitrogen and oxygen atoms in total. The van der Waals surface area contributed by atoms with Gasteiger partial charge in [-0.25, -0.2) is 8.42 Å². The average Bonchev–Trinajstić information content (AvgIpc) is 2.56. The molecule has 8 heteroatoms. The van der Waals surface area contributed by atoms with Gasteiger partial charge in [0.1, 0.15) is 5.69 Å². The minimum Gasteiger partial charge on any atom is -0.379 e. The highest BCUT2D eigenvalue weighted by Crippen LogP contribution is 2.30. The summed E-state index contributed by atoms with van der Waals surface area (Å²) in [6.45, 7) is 3.61. The first-order valence-electron chi connectivity index (χ1n) is 7.99. The third kappa shape index (κ3) is 4.20. The predicted octanol–water partition coefficient (Wildman–Crippen LogP) is 2.98. The van der Waals surface area contributed by atoms with Crippen molar-refractivity contribution in [2.24, 2.45) is 0 Å². The second-order valence-corrected chi connectivity index (χ2v) is 7.62. The van der Waals surface area contributed by atoms with Crippen LogP contribution in [0, 0.1) is 10.1 Å². The molecule has 23 heavy (non-hydrogen) atoms. The fourth-order valence-electron chi connectivity index (χ4n) is 2.63. The summed E-state index contributed by atoms with van der Waals surface area (Å²) in [5.41, 5.74) is 0.167. The second kappa shape index (κ2) is 7.74. The lowest BCUT2D eigenvalue weighted by molar-refractivity contribution is -0.384. The third-order valence-corrected chi connectivity index (χ3v) is 5.86. The van der Waals surface area contributed by atoms with Crippen LogP contribution in [0.3, 0.4) is 0 Å². The Balaban J connectivity index is 2.29. The van der Waals surface area contributed by atoms with Crippen LogP contribution < -0.4 is 5.32 Å². The van der Waals surface area contributed by atoms with Gasteiger partial charge >= 0.3 is 0 Å². The number of piperidine rings is 1. The van der Waals surface area contributed by atoms with E-state index in [0.717, 1.165) is 38.2 Å². The minimum absolute atomic E-state index is 0.00728. The van der Waals surface area contributed by atoms with E-state index in [1.54, 1.807) is 0 Å². The fraction of sp³-hybridized carbons (Fsp3) is 0.600. The van der Waals surface area contributed by atoms with Crippen molar-refractivity contribution >= 4 is 21.4 Å². The van der Waals surface area contributed by atoms with Gasteiger partial charge in [-0.15, -0.1) is 0 Å². The molecule has 0 spiro atoms. The zero-order valence-corrected chi connectivity index (χ0v) is 14.1. The van der Waals surface area contributed by atoms with E-state index in [1.165, 1.54) is 16.4 Å². The van der Waals surface area contributed by atoms with Gasteiger partial charge in [0, 0.05) is 25.7 Å². The van der Waals surface area contributed by atoms with Crippen LogP contribution in [0.2, 0.25) is 0 Å². The molecule has 0 unspecified atom stereocenters. The van der Waals surface area contributed by atoms with Crippen LogP contribution in [0.15, 0.2) is 23.1 Å². The summed E-state index contributed by atoms with van der Waals surface area (Å²) in [7, 11) is -3.66. The molecule has 0 aromatic heterocycles. The monoisotopic (exact) mass is 341 g/mol. The fourth-order valence-corrected chi connectivity index (χ4v) is 4.16. The molecule has 0 radical (unpaired) electrons. The summed E-state index contributed by atoms with van der Waals surface area (Å²) in [6, 6.07) is 4.11. The first-order chi connectivity index (χ1) is 11.0. The topological polar surface area (TPSA) is 92.6 Å². The van der Waals surface area contributed by atoms with E-state index >= 15 is 0 Å². The van der Waals surface area contributed by atoms with E-state index < -0.39 is 14.9 Å². The zero-order valence-electron chi connectivity index (χ0n) is 13.3. The number of nitrogens with zero attached hydrogens (tertiary/aromatic N) is 2. The molecule has 1 aliphatic heterocycles. The molecular formula is C15H23N3O4S. The van der Waals surface area contributed by atoms with Crippen molar-refractivity contribution in [2.75, 3.05) is 25.0 Å². The Morgan fingerprint density at radius 1 is 1.26 bits per heavy atom. The van der Waals surface area contributed by atoms with Crippen LogP contribution >= 0.6 is 0 Å². The van der Waals surface area contributed by atoms with Gasteiger partial charge in [-0.3, -0.25) is 10.1 Å². The van der Waals surface area contributed by atoms with Gasteiger partial charge in [-0.1, -0.05) is 19.8 Å². The lowest BCUT2D eigenvalue weighted by Crippen LogP contribution is -2.35. The van der Waals surface area contributed by atoms with Crippen LogP contribution in [0.4, 0.5) is 11.4 Å². The van der Waals surface area contributed by atoms with Gasteiger partial charge in [-0.2, -0.15) is 4.31 Å². The molecule has 1 aliphatic rings. The van der Waals surface area contributed by atoms with E-state index in [9.17, 15) is 18.5 Å². The standard InChI is InChI=1S/C15H23N3O4S/c1-2-3-9-16-14-8-7-13(12-15(14)18(19)20)23(21,22)17-10-5-4-6-11-17/h7-8,12,16H,2-6,9-11H2,1H3. The lowest BCUT2D eigenvalue weighted by atomic mass is 10.2. The lowest BCUT2D eigenvalue weighted by Gasteiger charge is -2.25. The molecule has 0 atom stereocenters. The minimum atomic E-state index is -3.66. The van der Waals surface area contributed by atoms with E-state index in [-0.39, 0.29) is 10.6 Å². The van der Waals surface area contributed by atoms with Crippen molar-refractivity contribution in [3.05, 3.63) is 28.3 Å². The van der Waals surface area contributed by atoms with Crippen molar-refractivity contribution < 1.29 is 13.3 Å². The van der Waals surface area contributed by atoms with Crippen molar-refractivity contribution in [1.29, 1.82) is 0 Å². The molecule has 2 rings (SSSR count). The van der Waals surface area contributed by atoms with Gasteiger partial charge in [0.25, 0.3) is 5.69 Å². The van der Waals surface area contributed by atoms with Crippen LogP contribution in [0.5, 0.6) is 0 Å². The van der Waals surface area contributed by atoms with Gasteiger partial charge < -0.3 is 5.32 Å². The summed E-state index contributed by atoms with van der Waals surface area (Å²) in [6.07, 6.45) is 4.55. The SMILES string of the molecule is CCCCNc1ccc(S(=O)(=O)N2CCCCC2)cc1[N+](=O)[O-]. The first-order valence-corrected chi connectivity index (χ1v) is 9.43. The Morgan fingerprint density at radius 2 is 1.96 bits per heavy atom. The summed E-state index contributed by atoms with van der Waals surface area (Å²) >= 11 is 0. The number of nitrogens with one attached hydrogen (secondary N) is 1. The van der Waals surface area contributed by atoms with Crippen LogP contribution in [-0.4, -0.2) is 37.3 Å². The van der Waals surface area contributed by atoms with Gasteiger partial charge in [-0.05, 0) is 31.4 Å². The number of rotatable bonds is 7. The molecule has 1 heterocycles. The molecule has 1 saturated heterocycles. The Labute approximate surface area is 136 Å². The summed E-state index contributed by atoms with van der Waals surface area (Å²) in [5.74, 6) is 0. The summed E-state index contributed by atoms with van der Waals surface area (Å²) < 4.78 is 26.6. The normalized spacial score (nSPS) is 16.2. The van der Waals surface area contributed by atoms with Crippen LogP contribution in [0.1, 0.15) is 39.0 Å². The molecule has 1 aromatic carbocycles. The molecule has 0 bridgehead atoms. The molecule has 1 aromatic rings. The Morgan fingerprint density at radius 3 is 2.57 bits per heavy atom. The molecular weight excluding hydrogens is 318 g/mol. The van der Waals surface area contributed by atoms with Gasteiger partial charge in [0.05, 0.1) is 9.82 Å². The number of nitro benzene ring substituents is 1. The summed E-state index contributed by atoms with van der Waals surface area (Å²) in [4.78, 5) is 10.7. The number of unbranched alkanes of at least 4 members (excludes halogenated alkanes) is 1. The van der Waals surface area contributed by atoms with E-state index in [0.29, 0.717) is 25.3 Å². The first kappa shape index (κ1) is 17.7. The van der Waals surface area contributed by atoms with Crippen molar-refractivity contribution in [2.45, 2.75) is 43.9 Å². The number of hydrogen-bond donors (Lipinski definition) is 1. The number of hydrogen-bond acceptors (Lipinski definition) is 5. The molecule has 128 valence electrons. The van der Waals surface area contributed by atoms with Crippen molar-refractivity contribution in [3.8, 4) is 0 Å². The highest BCUT2D eigenvalue weighted by Gasteiger charge is 2.28. The molecule has 0 saturated carbocycles. The van der Waals surface area contributed by atoms with Crippen molar-refractivity contribution in [1.82, 2.24) is 4.31 Å². The molecule has 0 amide bonds. The molecule has 0 aliphatic carbocycles. The Hall–Kier alpha value is -1.67.